The molecule has 1 fully saturated rings. The van der Waals surface area contributed by atoms with Gasteiger partial charge in [-0.25, -0.2) is 0 Å². The van der Waals surface area contributed by atoms with Crippen molar-refractivity contribution in [1.29, 1.82) is 0 Å². The zero-order valence-electron chi connectivity index (χ0n) is 15.2. The molecule has 4 aliphatic rings. The molecule has 0 nitrogen and oxygen atoms in total. The first-order chi connectivity index (χ1) is 11.3. The van der Waals surface area contributed by atoms with Crippen molar-refractivity contribution in [2.75, 3.05) is 0 Å². The molecule has 0 radical (unpaired) electrons. The topological polar surface area (TPSA) is 0 Å². The van der Waals surface area contributed by atoms with E-state index in [9.17, 15) is 0 Å². The van der Waals surface area contributed by atoms with Gasteiger partial charge in [0.2, 0.25) is 0 Å². The Morgan fingerprint density at radius 1 is 1.12 bits per heavy atom. The SMILES string of the molecule is CC1=C(C)[C](C2=CC=CC2)([Hf]([Cl])[Cl])C2=C1C(C)(C)C1CCC1CC2. The summed E-state index contributed by atoms with van der Waals surface area (Å²) >= 11 is -2.81. The van der Waals surface area contributed by atoms with Crippen LogP contribution in [0.3, 0.4) is 0 Å². The summed E-state index contributed by atoms with van der Waals surface area (Å²) in [6.07, 6.45) is 13.2. The summed E-state index contributed by atoms with van der Waals surface area (Å²) in [6, 6.07) is 0. The first kappa shape index (κ1) is 17.8. The van der Waals surface area contributed by atoms with Gasteiger partial charge in [-0.2, -0.15) is 0 Å². The fraction of sp³-hybridized carbons (Fsp3) is 0.619. The minimum atomic E-state index is -2.81. The van der Waals surface area contributed by atoms with Crippen LogP contribution in [-0.4, -0.2) is 0 Å². The van der Waals surface area contributed by atoms with E-state index in [1.165, 1.54) is 42.4 Å². The molecule has 4 rings (SSSR count). The minimum absolute atomic E-state index is 0.0578. The van der Waals surface area contributed by atoms with Gasteiger partial charge in [0.15, 0.2) is 0 Å². The molecule has 4 aliphatic carbocycles. The zero-order valence-corrected chi connectivity index (χ0v) is 20.3. The molecule has 129 valence electrons. The number of hydrogen-bond acceptors (Lipinski definition) is 0. The third kappa shape index (κ3) is 2.13. The van der Waals surface area contributed by atoms with Crippen LogP contribution in [0.15, 0.2) is 46.1 Å². The van der Waals surface area contributed by atoms with Crippen molar-refractivity contribution in [3.63, 3.8) is 0 Å². The maximum atomic E-state index is 6.98. The van der Waals surface area contributed by atoms with Crippen molar-refractivity contribution in [3.05, 3.63) is 46.1 Å². The molecule has 0 aromatic carbocycles. The number of hydrogen-bond donors (Lipinski definition) is 0. The molecule has 24 heavy (non-hydrogen) atoms. The Balaban J connectivity index is 1.96. The Hall–Kier alpha value is 0.410. The van der Waals surface area contributed by atoms with Gasteiger partial charge in [0.05, 0.1) is 0 Å². The number of halogens is 2. The van der Waals surface area contributed by atoms with E-state index in [0.29, 0.717) is 0 Å². The van der Waals surface area contributed by atoms with Crippen molar-refractivity contribution in [2.45, 2.75) is 63.0 Å². The summed E-state index contributed by atoms with van der Waals surface area (Å²) in [5, 5.41) is 0. The predicted octanol–water partition coefficient (Wildman–Crippen LogP) is 7.45. The second-order valence-corrected chi connectivity index (χ2v) is 21.0. The third-order valence-electron chi connectivity index (χ3n) is 7.54. The Labute approximate surface area is 161 Å². The predicted molar refractivity (Wildman–Crippen MR) is 101 cm³/mol. The van der Waals surface area contributed by atoms with Crippen LogP contribution < -0.4 is 0 Å². The number of rotatable bonds is 2. The van der Waals surface area contributed by atoms with Gasteiger partial charge in [-0.1, -0.05) is 0 Å². The molecule has 3 heteroatoms. The summed E-state index contributed by atoms with van der Waals surface area (Å²) in [5.74, 6) is 1.76. The van der Waals surface area contributed by atoms with Crippen molar-refractivity contribution in [3.8, 4) is 0 Å². The Morgan fingerprint density at radius 2 is 1.88 bits per heavy atom. The molecule has 0 aliphatic heterocycles. The summed E-state index contributed by atoms with van der Waals surface area (Å²) in [5.41, 5.74) is 8.04. The summed E-state index contributed by atoms with van der Waals surface area (Å²) in [6.45, 7) is 9.66. The molecule has 0 aromatic heterocycles. The van der Waals surface area contributed by atoms with Crippen LogP contribution in [0, 0.1) is 17.3 Å². The third-order valence-corrected chi connectivity index (χ3v) is 17.8. The van der Waals surface area contributed by atoms with Crippen LogP contribution in [0.2, 0.25) is 3.17 Å². The van der Waals surface area contributed by atoms with E-state index >= 15 is 0 Å². The Morgan fingerprint density at radius 3 is 2.42 bits per heavy atom. The molecule has 0 amide bonds. The first-order valence-electron chi connectivity index (χ1n) is 9.30. The molecule has 0 N–H and O–H groups in total. The van der Waals surface area contributed by atoms with E-state index in [1.54, 1.807) is 11.1 Å². The molecule has 0 aromatic rings. The average molecular weight is 529 g/mol. The van der Waals surface area contributed by atoms with Crippen LogP contribution in [0.1, 0.15) is 59.8 Å². The van der Waals surface area contributed by atoms with E-state index in [2.05, 4.69) is 45.9 Å². The van der Waals surface area contributed by atoms with Crippen molar-refractivity contribution >= 4 is 17.2 Å². The average Bonchev–Trinajstić information content (AvgIpc) is 3.03. The molecule has 3 unspecified atom stereocenters. The van der Waals surface area contributed by atoms with Crippen molar-refractivity contribution < 1.29 is 19.1 Å². The number of allylic oxidation sites excluding steroid dienone is 8. The summed E-state index contributed by atoms with van der Waals surface area (Å²) in [4.78, 5) is 0. The van der Waals surface area contributed by atoms with E-state index in [1.807, 2.05) is 0 Å². The quantitative estimate of drug-likeness (QED) is 0.327. The molecule has 1 saturated carbocycles. The van der Waals surface area contributed by atoms with Gasteiger partial charge in [0.1, 0.15) is 0 Å². The molecule has 0 saturated heterocycles. The van der Waals surface area contributed by atoms with Crippen molar-refractivity contribution in [2.24, 2.45) is 17.3 Å². The van der Waals surface area contributed by atoms with Crippen LogP contribution in [0.4, 0.5) is 0 Å². The second kappa shape index (κ2) is 5.96. The molecular weight excluding hydrogens is 502 g/mol. The zero-order chi connectivity index (χ0) is 17.3. The van der Waals surface area contributed by atoms with E-state index in [4.69, 9.17) is 17.2 Å². The first-order valence-corrected chi connectivity index (χ1v) is 20.0. The fourth-order valence-electron chi connectivity index (χ4n) is 6.21. The van der Waals surface area contributed by atoms with Gasteiger partial charge in [0.25, 0.3) is 0 Å². The second-order valence-electron chi connectivity index (χ2n) is 8.64. The van der Waals surface area contributed by atoms with E-state index in [-0.39, 0.29) is 8.59 Å². The molecular formula is C21H27Cl2Hf. The van der Waals surface area contributed by atoms with Gasteiger partial charge in [-0.15, -0.1) is 0 Å². The Kier molecular flexibility index (Phi) is 4.42. The van der Waals surface area contributed by atoms with Gasteiger partial charge in [-0.05, 0) is 0 Å². The Bertz CT molecular complexity index is 707. The summed E-state index contributed by atoms with van der Waals surface area (Å²) in [7, 11) is 14.0. The van der Waals surface area contributed by atoms with Crippen LogP contribution in [0.5, 0.6) is 0 Å². The van der Waals surface area contributed by atoms with Gasteiger partial charge in [0, 0.05) is 0 Å². The maximum absolute atomic E-state index is 6.98. The molecule has 0 bridgehead atoms. The van der Waals surface area contributed by atoms with Gasteiger partial charge < -0.3 is 0 Å². The monoisotopic (exact) mass is 529 g/mol. The van der Waals surface area contributed by atoms with E-state index in [0.717, 1.165) is 18.3 Å². The van der Waals surface area contributed by atoms with Crippen molar-refractivity contribution in [1.82, 2.24) is 0 Å². The van der Waals surface area contributed by atoms with Crippen LogP contribution >= 0.6 is 17.2 Å². The molecule has 0 spiro atoms. The normalized spacial score (nSPS) is 37.0. The number of fused-ring (bicyclic) bond motifs is 1. The fourth-order valence-corrected chi connectivity index (χ4v) is 17.3. The van der Waals surface area contributed by atoms with Gasteiger partial charge >= 0.3 is 163 Å². The van der Waals surface area contributed by atoms with E-state index < -0.39 is 19.1 Å². The standard InChI is InChI=1S/C21H27.2ClH.Hf/c1-13-14(2)20-17(19(13)16-7-5-6-8-16)11-9-15-10-12-18(15)21(20,3)4;;;/h5-7,15,18H,8-12H2,1-4H3;2*1H;/q;;;+2/p-2. The summed E-state index contributed by atoms with van der Waals surface area (Å²) < 4.78 is -0.0578. The molecule has 0 heterocycles. The van der Waals surface area contributed by atoms with Gasteiger partial charge in [-0.3, -0.25) is 0 Å². The van der Waals surface area contributed by atoms with Crippen LogP contribution in [-0.2, 0) is 19.1 Å². The molecule has 3 atom stereocenters. The van der Waals surface area contributed by atoms with Crippen LogP contribution in [0.25, 0.3) is 0 Å².